The van der Waals surface area contributed by atoms with Crippen molar-refractivity contribution in [3.05, 3.63) is 89.7 Å². The molecule has 0 spiro atoms. The number of nitrogens with one attached hydrogen (secondary N) is 1. The van der Waals surface area contributed by atoms with E-state index >= 15 is 0 Å². The number of para-hydroxylation sites is 1. The average molecular weight is 450 g/mol. The van der Waals surface area contributed by atoms with E-state index in [2.05, 4.69) is 20.5 Å². The van der Waals surface area contributed by atoms with Gasteiger partial charge < -0.3 is 5.32 Å². The van der Waals surface area contributed by atoms with Crippen molar-refractivity contribution in [3.63, 3.8) is 0 Å². The van der Waals surface area contributed by atoms with Crippen LogP contribution in [0, 0.1) is 0 Å². The first-order chi connectivity index (χ1) is 15.2. The maximum absolute atomic E-state index is 12.4. The Kier molecular flexibility index (Phi) is 6.96. The van der Waals surface area contributed by atoms with E-state index < -0.39 is 0 Å². The quantitative estimate of drug-likeness (QED) is 0.403. The lowest BCUT2D eigenvalue weighted by Crippen LogP contribution is -2.27. The number of pyridine rings is 1. The average Bonchev–Trinajstić information content (AvgIpc) is 3.24. The molecule has 0 saturated heterocycles. The molecule has 0 aliphatic rings. The van der Waals surface area contributed by atoms with E-state index in [0.717, 1.165) is 23.2 Å². The summed E-state index contributed by atoms with van der Waals surface area (Å²) in [6.07, 6.45) is 4.19. The van der Waals surface area contributed by atoms with Gasteiger partial charge in [0.05, 0.1) is 5.75 Å². The minimum Gasteiger partial charge on any atom is -0.355 e. The molecule has 0 fully saturated rings. The summed E-state index contributed by atoms with van der Waals surface area (Å²) < 4.78 is 1.96. The maximum atomic E-state index is 12.4. The van der Waals surface area contributed by atoms with Crippen LogP contribution < -0.4 is 5.32 Å². The molecule has 0 unspecified atom stereocenters. The smallest absolute Gasteiger partial charge is 0.230 e. The highest BCUT2D eigenvalue weighted by Crippen LogP contribution is 2.27. The zero-order valence-corrected chi connectivity index (χ0v) is 18.2. The third-order valence-electron chi connectivity index (χ3n) is 4.57. The first-order valence-corrected chi connectivity index (χ1v) is 11.1. The summed E-state index contributed by atoms with van der Waals surface area (Å²) in [5, 5.41) is 13.0. The van der Waals surface area contributed by atoms with Crippen molar-refractivity contribution in [2.24, 2.45) is 0 Å². The first kappa shape index (κ1) is 21.1. The first-order valence-electron chi connectivity index (χ1n) is 9.76. The Balaban J connectivity index is 1.43. The highest BCUT2D eigenvalue weighted by Gasteiger charge is 2.17. The predicted octanol–water partition coefficient (Wildman–Crippen LogP) is 4.43. The highest BCUT2D eigenvalue weighted by molar-refractivity contribution is 7.99. The van der Waals surface area contributed by atoms with Crippen LogP contribution in [0.1, 0.15) is 5.56 Å². The predicted molar refractivity (Wildman–Crippen MR) is 123 cm³/mol. The van der Waals surface area contributed by atoms with Gasteiger partial charge in [0.1, 0.15) is 0 Å². The molecule has 0 aliphatic heterocycles. The summed E-state index contributed by atoms with van der Waals surface area (Å²) in [4.78, 5) is 16.4. The van der Waals surface area contributed by atoms with Crippen molar-refractivity contribution >= 4 is 29.3 Å². The number of benzene rings is 2. The van der Waals surface area contributed by atoms with Crippen LogP contribution in [-0.2, 0) is 11.2 Å². The van der Waals surface area contributed by atoms with E-state index in [1.54, 1.807) is 12.4 Å². The van der Waals surface area contributed by atoms with Gasteiger partial charge in [-0.25, -0.2) is 0 Å². The van der Waals surface area contributed by atoms with Crippen molar-refractivity contribution in [1.82, 2.24) is 25.1 Å². The van der Waals surface area contributed by atoms with E-state index in [4.69, 9.17) is 11.6 Å². The summed E-state index contributed by atoms with van der Waals surface area (Å²) in [6.45, 7) is 0.564. The van der Waals surface area contributed by atoms with Crippen molar-refractivity contribution in [2.75, 3.05) is 12.3 Å². The summed E-state index contributed by atoms with van der Waals surface area (Å²) in [6, 6.07) is 21.3. The second-order valence-electron chi connectivity index (χ2n) is 6.73. The molecule has 31 heavy (non-hydrogen) atoms. The molecule has 0 saturated carbocycles. The topological polar surface area (TPSA) is 72.7 Å². The van der Waals surface area contributed by atoms with Crippen molar-refractivity contribution < 1.29 is 4.79 Å². The minimum absolute atomic E-state index is 0.0490. The molecule has 4 aromatic rings. The van der Waals surface area contributed by atoms with E-state index in [1.165, 1.54) is 11.8 Å². The normalized spacial score (nSPS) is 10.7. The minimum atomic E-state index is -0.0490. The fourth-order valence-electron chi connectivity index (χ4n) is 3.04. The van der Waals surface area contributed by atoms with Crippen LogP contribution in [0.4, 0.5) is 0 Å². The molecule has 0 radical (unpaired) electrons. The second kappa shape index (κ2) is 10.2. The molecule has 2 heterocycles. The molecule has 0 atom stereocenters. The lowest BCUT2D eigenvalue weighted by molar-refractivity contribution is -0.118. The second-order valence-corrected chi connectivity index (χ2v) is 8.11. The number of rotatable bonds is 8. The number of carbonyl (C=O) groups is 1. The Morgan fingerprint density at radius 3 is 2.45 bits per heavy atom. The number of amides is 1. The van der Waals surface area contributed by atoms with E-state index in [-0.39, 0.29) is 11.7 Å². The van der Waals surface area contributed by atoms with Crippen LogP contribution in [0.15, 0.2) is 84.3 Å². The Hall–Kier alpha value is -3.16. The number of hydrogen-bond donors (Lipinski definition) is 1. The van der Waals surface area contributed by atoms with Crippen LogP contribution in [0.25, 0.3) is 17.1 Å². The fourth-order valence-corrected chi connectivity index (χ4v) is 3.95. The molecule has 0 aliphatic carbocycles. The number of thioether (sulfide) groups is 1. The fraction of sp³-hybridized carbons (Fsp3) is 0.130. The van der Waals surface area contributed by atoms with E-state index in [1.807, 2.05) is 71.3 Å². The van der Waals surface area contributed by atoms with Gasteiger partial charge in [-0.15, -0.1) is 10.2 Å². The Bertz CT molecular complexity index is 1130. The van der Waals surface area contributed by atoms with Gasteiger partial charge >= 0.3 is 0 Å². The van der Waals surface area contributed by atoms with Gasteiger partial charge in [0.2, 0.25) is 5.91 Å². The number of halogens is 1. The Morgan fingerprint density at radius 2 is 1.71 bits per heavy atom. The Labute approximate surface area is 189 Å². The Morgan fingerprint density at radius 1 is 0.968 bits per heavy atom. The van der Waals surface area contributed by atoms with Crippen LogP contribution in [0.2, 0.25) is 5.02 Å². The van der Waals surface area contributed by atoms with E-state index in [0.29, 0.717) is 22.5 Å². The SMILES string of the molecule is O=C(CSc1nnc(-c2ccncc2)n1-c1ccccc1)NCCc1ccc(Cl)cc1. The summed E-state index contributed by atoms with van der Waals surface area (Å²) in [5.74, 6) is 0.911. The van der Waals surface area contributed by atoms with Crippen molar-refractivity contribution in [1.29, 1.82) is 0 Å². The van der Waals surface area contributed by atoms with E-state index in [9.17, 15) is 4.79 Å². The van der Waals surface area contributed by atoms with Crippen LogP contribution in [-0.4, -0.2) is 38.0 Å². The summed E-state index contributed by atoms with van der Waals surface area (Å²) in [5.41, 5.74) is 2.97. The van der Waals surface area contributed by atoms with Gasteiger partial charge in [-0.1, -0.05) is 53.7 Å². The molecule has 6 nitrogen and oxygen atoms in total. The van der Waals surface area contributed by atoms with Crippen molar-refractivity contribution in [3.8, 4) is 17.1 Å². The van der Waals surface area contributed by atoms with Gasteiger partial charge in [0.25, 0.3) is 0 Å². The number of carbonyl (C=O) groups excluding carboxylic acids is 1. The van der Waals surface area contributed by atoms with Gasteiger partial charge in [-0.3, -0.25) is 14.3 Å². The van der Waals surface area contributed by atoms with Gasteiger partial charge in [0.15, 0.2) is 11.0 Å². The van der Waals surface area contributed by atoms with Crippen LogP contribution in [0.3, 0.4) is 0 Å². The molecule has 2 aromatic heterocycles. The van der Waals surface area contributed by atoms with Gasteiger partial charge in [0, 0.05) is 35.2 Å². The largest absolute Gasteiger partial charge is 0.355 e. The zero-order valence-electron chi connectivity index (χ0n) is 16.6. The molecule has 156 valence electrons. The highest BCUT2D eigenvalue weighted by atomic mass is 35.5. The van der Waals surface area contributed by atoms with Crippen LogP contribution in [0.5, 0.6) is 0 Å². The lowest BCUT2D eigenvalue weighted by atomic mass is 10.1. The molecular weight excluding hydrogens is 430 g/mol. The molecule has 1 amide bonds. The third-order valence-corrected chi connectivity index (χ3v) is 5.75. The summed E-state index contributed by atoms with van der Waals surface area (Å²) in [7, 11) is 0. The lowest BCUT2D eigenvalue weighted by Gasteiger charge is -2.10. The molecule has 2 aromatic carbocycles. The molecule has 1 N–H and O–H groups in total. The number of nitrogens with zero attached hydrogens (tertiary/aromatic N) is 4. The van der Waals surface area contributed by atoms with Crippen molar-refractivity contribution in [2.45, 2.75) is 11.6 Å². The monoisotopic (exact) mass is 449 g/mol. The maximum Gasteiger partial charge on any atom is 0.230 e. The molecule has 4 rings (SSSR count). The standard InChI is InChI=1S/C23H20ClN5OS/c24-19-8-6-17(7-9-19)10-15-26-21(30)16-31-23-28-27-22(18-11-13-25-14-12-18)29(23)20-4-2-1-3-5-20/h1-9,11-14H,10,15-16H2,(H,26,30). The third kappa shape index (κ3) is 5.51. The van der Waals surface area contributed by atoms with Gasteiger partial charge in [-0.2, -0.15) is 0 Å². The number of hydrogen-bond acceptors (Lipinski definition) is 5. The molecular formula is C23H20ClN5OS. The zero-order chi connectivity index (χ0) is 21.5. The summed E-state index contributed by atoms with van der Waals surface area (Å²) >= 11 is 7.26. The van der Waals surface area contributed by atoms with Crippen LogP contribution >= 0.6 is 23.4 Å². The molecule has 0 bridgehead atoms. The van der Waals surface area contributed by atoms with Gasteiger partial charge in [-0.05, 0) is 48.4 Å². The molecule has 8 heteroatoms. The number of aromatic nitrogens is 4.